The molecule has 0 saturated heterocycles. The summed E-state index contributed by atoms with van der Waals surface area (Å²) in [7, 11) is 0. The molecule has 1 aromatic heterocycles. The maximum Gasteiger partial charge on any atom is 0.274 e. The minimum atomic E-state index is -1.02. The van der Waals surface area contributed by atoms with Gasteiger partial charge < -0.3 is 10.6 Å². The Labute approximate surface area is 156 Å². The maximum absolute atomic E-state index is 13.3. The summed E-state index contributed by atoms with van der Waals surface area (Å²) in [4.78, 5) is 20.8. The summed E-state index contributed by atoms with van der Waals surface area (Å²) in [5.41, 5.74) is 1.77. The second kappa shape index (κ2) is 8.70. The number of carbonyl (C=O) groups excluding carboxylic acids is 1. The topological polar surface area (TPSA) is 66.9 Å². The number of nitrogens with one attached hydrogen (secondary N) is 2. The Morgan fingerprint density at radius 1 is 1.15 bits per heavy atom. The fourth-order valence-electron chi connectivity index (χ4n) is 3.03. The van der Waals surface area contributed by atoms with Crippen LogP contribution in [0.3, 0.4) is 0 Å². The van der Waals surface area contributed by atoms with E-state index in [1.54, 1.807) is 13.0 Å². The SMILES string of the molecule is Cc1nc(NCCC2=CCCCC2)cc(C(=O)Nc2ccc(F)c(F)c2)n1. The molecule has 0 spiro atoms. The fourth-order valence-corrected chi connectivity index (χ4v) is 3.03. The first-order valence-corrected chi connectivity index (χ1v) is 9.05. The van der Waals surface area contributed by atoms with Gasteiger partial charge in [0.25, 0.3) is 5.91 Å². The molecule has 5 nitrogen and oxygen atoms in total. The fraction of sp³-hybridized carbons (Fsp3) is 0.350. The monoisotopic (exact) mass is 372 g/mol. The lowest BCUT2D eigenvalue weighted by atomic mass is 9.97. The van der Waals surface area contributed by atoms with E-state index in [9.17, 15) is 13.6 Å². The number of carbonyl (C=O) groups is 1. The highest BCUT2D eigenvalue weighted by Gasteiger charge is 2.12. The predicted octanol–water partition coefficient (Wildman–Crippen LogP) is 4.62. The van der Waals surface area contributed by atoms with E-state index in [2.05, 4.69) is 26.7 Å². The molecule has 0 bridgehead atoms. The summed E-state index contributed by atoms with van der Waals surface area (Å²) in [6, 6.07) is 4.74. The van der Waals surface area contributed by atoms with Gasteiger partial charge >= 0.3 is 0 Å². The Balaban J connectivity index is 1.63. The molecule has 2 aromatic rings. The molecule has 0 atom stereocenters. The second-order valence-corrected chi connectivity index (χ2v) is 6.55. The van der Waals surface area contributed by atoms with E-state index in [0.29, 0.717) is 11.6 Å². The normalized spacial score (nSPS) is 13.8. The molecule has 1 aliphatic carbocycles. The number of aromatic nitrogens is 2. The molecule has 3 rings (SSSR count). The van der Waals surface area contributed by atoms with Crippen molar-refractivity contribution in [3.8, 4) is 0 Å². The van der Waals surface area contributed by atoms with Gasteiger partial charge in [0.15, 0.2) is 11.6 Å². The number of allylic oxidation sites excluding steroid dienone is 1. The van der Waals surface area contributed by atoms with Crippen molar-refractivity contribution in [1.82, 2.24) is 9.97 Å². The quantitative estimate of drug-likeness (QED) is 0.726. The standard InChI is InChI=1S/C20H22F2N4O/c1-13-24-18(20(27)26-15-7-8-16(21)17(22)11-15)12-19(25-13)23-10-9-14-5-3-2-4-6-14/h5,7-8,11-12H,2-4,6,9-10H2,1H3,(H,26,27)(H,23,24,25). The summed E-state index contributed by atoms with van der Waals surface area (Å²) < 4.78 is 26.3. The Hall–Kier alpha value is -2.83. The van der Waals surface area contributed by atoms with Crippen LogP contribution in [0.5, 0.6) is 0 Å². The first-order chi connectivity index (χ1) is 13.0. The molecule has 1 aliphatic rings. The molecule has 0 unspecified atom stereocenters. The van der Waals surface area contributed by atoms with Gasteiger partial charge in [-0.3, -0.25) is 4.79 Å². The average Bonchev–Trinajstić information content (AvgIpc) is 2.65. The number of amides is 1. The van der Waals surface area contributed by atoms with Crippen molar-refractivity contribution in [2.24, 2.45) is 0 Å². The number of hydrogen-bond donors (Lipinski definition) is 2. The Bertz CT molecular complexity index is 867. The van der Waals surface area contributed by atoms with Crippen LogP contribution in [-0.4, -0.2) is 22.4 Å². The van der Waals surface area contributed by atoms with E-state index in [4.69, 9.17) is 0 Å². The molecule has 0 saturated carbocycles. The van der Waals surface area contributed by atoms with Crippen molar-refractivity contribution in [2.75, 3.05) is 17.2 Å². The van der Waals surface area contributed by atoms with Gasteiger partial charge in [0.2, 0.25) is 0 Å². The molecule has 1 aromatic carbocycles. The van der Waals surface area contributed by atoms with E-state index < -0.39 is 17.5 Å². The summed E-state index contributed by atoms with van der Waals surface area (Å²) >= 11 is 0. The number of nitrogens with zero attached hydrogens (tertiary/aromatic N) is 2. The van der Waals surface area contributed by atoms with Crippen LogP contribution < -0.4 is 10.6 Å². The van der Waals surface area contributed by atoms with E-state index in [1.165, 1.54) is 24.5 Å². The Morgan fingerprint density at radius 2 is 2.00 bits per heavy atom. The third kappa shape index (κ3) is 5.32. The van der Waals surface area contributed by atoms with E-state index in [1.807, 2.05) is 0 Å². The number of rotatable bonds is 6. The molecular formula is C20H22F2N4O. The van der Waals surface area contributed by atoms with E-state index >= 15 is 0 Å². The molecule has 0 aliphatic heterocycles. The molecule has 1 heterocycles. The minimum Gasteiger partial charge on any atom is -0.370 e. The van der Waals surface area contributed by atoms with Crippen LogP contribution in [0.15, 0.2) is 35.9 Å². The van der Waals surface area contributed by atoms with E-state index in [-0.39, 0.29) is 11.4 Å². The maximum atomic E-state index is 13.3. The van der Waals surface area contributed by atoms with Crippen LogP contribution >= 0.6 is 0 Å². The zero-order valence-corrected chi connectivity index (χ0v) is 15.2. The highest BCUT2D eigenvalue weighted by atomic mass is 19.2. The van der Waals surface area contributed by atoms with Crippen molar-refractivity contribution in [2.45, 2.75) is 39.0 Å². The number of aryl methyl sites for hydroxylation is 1. The van der Waals surface area contributed by atoms with Crippen LogP contribution in [-0.2, 0) is 0 Å². The van der Waals surface area contributed by atoms with Crippen molar-refractivity contribution >= 4 is 17.4 Å². The van der Waals surface area contributed by atoms with Gasteiger partial charge in [-0.25, -0.2) is 18.7 Å². The highest BCUT2D eigenvalue weighted by molar-refractivity contribution is 6.03. The number of anilines is 2. The zero-order valence-electron chi connectivity index (χ0n) is 15.2. The van der Waals surface area contributed by atoms with Crippen molar-refractivity contribution in [1.29, 1.82) is 0 Å². The highest BCUT2D eigenvalue weighted by Crippen LogP contribution is 2.20. The molecule has 142 valence electrons. The minimum absolute atomic E-state index is 0.159. The number of hydrogen-bond acceptors (Lipinski definition) is 4. The molecule has 0 radical (unpaired) electrons. The van der Waals surface area contributed by atoms with Crippen LogP contribution in [0.4, 0.5) is 20.3 Å². The van der Waals surface area contributed by atoms with Crippen LogP contribution in [0.25, 0.3) is 0 Å². The molecule has 1 amide bonds. The molecule has 2 N–H and O–H groups in total. The van der Waals surface area contributed by atoms with Crippen LogP contribution in [0, 0.1) is 18.6 Å². The van der Waals surface area contributed by atoms with Gasteiger partial charge in [-0.15, -0.1) is 0 Å². The van der Waals surface area contributed by atoms with Crippen LogP contribution in [0.1, 0.15) is 48.4 Å². The summed E-state index contributed by atoms with van der Waals surface area (Å²) in [5.74, 6) is -1.48. The lowest BCUT2D eigenvalue weighted by molar-refractivity contribution is 0.102. The lowest BCUT2D eigenvalue weighted by Gasteiger charge is -2.13. The zero-order chi connectivity index (χ0) is 19.2. The smallest absolute Gasteiger partial charge is 0.274 e. The van der Waals surface area contributed by atoms with Crippen molar-refractivity contribution in [3.63, 3.8) is 0 Å². The third-order valence-corrected chi connectivity index (χ3v) is 4.39. The third-order valence-electron chi connectivity index (χ3n) is 4.39. The Morgan fingerprint density at radius 3 is 2.74 bits per heavy atom. The first kappa shape index (κ1) is 18.9. The summed E-state index contributed by atoms with van der Waals surface area (Å²) in [5, 5.41) is 5.74. The number of benzene rings is 1. The van der Waals surface area contributed by atoms with Gasteiger partial charge in [0, 0.05) is 24.4 Å². The first-order valence-electron chi connectivity index (χ1n) is 9.05. The van der Waals surface area contributed by atoms with Gasteiger partial charge in [-0.05, 0) is 51.2 Å². The van der Waals surface area contributed by atoms with Gasteiger partial charge in [-0.1, -0.05) is 11.6 Å². The molecule has 0 fully saturated rings. The van der Waals surface area contributed by atoms with Crippen LogP contribution in [0.2, 0.25) is 0 Å². The van der Waals surface area contributed by atoms with Crippen molar-refractivity contribution in [3.05, 3.63) is 59.1 Å². The van der Waals surface area contributed by atoms with Gasteiger partial charge in [-0.2, -0.15) is 0 Å². The second-order valence-electron chi connectivity index (χ2n) is 6.55. The predicted molar refractivity (Wildman–Crippen MR) is 101 cm³/mol. The largest absolute Gasteiger partial charge is 0.370 e. The Kier molecular flexibility index (Phi) is 6.11. The number of halogens is 2. The molecule has 7 heteroatoms. The molecule has 27 heavy (non-hydrogen) atoms. The van der Waals surface area contributed by atoms with Crippen molar-refractivity contribution < 1.29 is 13.6 Å². The van der Waals surface area contributed by atoms with Gasteiger partial charge in [0.1, 0.15) is 17.3 Å². The van der Waals surface area contributed by atoms with E-state index in [0.717, 1.165) is 37.9 Å². The lowest BCUT2D eigenvalue weighted by Crippen LogP contribution is -2.16. The summed E-state index contributed by atoms with van der Waals surface area (Å²) in [6.45, 7) is 2.43. The molecular weight excluding hydrogens is 350 g/mol. The average molecular weight is 372 g/mol. The van der Waals surface area contributed by atoms with Gasteiger partial charge in [0.05, 0.1) is 0 Å². The summed E-state index contributed by atoms with van der Waals surface area (Å²) in [6.07, 6.45) is 8.05.